The summed E-state index contributed by atoms with van der Waals surface area (Å²) < 4.78 is 21.9. The molecule has 0 spiro atoms. The molecule has 0 saturated heterocycles. The van der Waals surface area contributed by atoms with Crippen LogP contribution in [0.5, 0.6) is 0 Å². The minimum absolute atomic E-state index is 0.252. The zero-order chi connectivity index (χ0) is 19.1. The summed E-state index contributed by atoms with van der Waals surface area (Å²) in [5.41, 5.74) is 0.633. The van der Waals surface area contributed by atoms with Gasteiger partial charge in [0.1, 0.15) is 12.2 Å². The van der Waals surface area contributed by atoms with Gasteiger partial charge in [0.15, 0.2) is 12.2 Å². The Labute approximate surface area is 151 Å². The van der Waals surface area contributed by atoms with Gasteiger partial charge in [-0.25, -0.2) is 0 Å². The number of carbonyl (C=O) groups excluding carboxylic acids is 3. The number of ether oxygens (including phenoxy) is 4. The lowest BCUT2D eigenvalue weighted by Gasteiger charge is -2.36. The van der Waals surface area contributed by atoms with Crippen molar-refractivity contribution in [1.82, 2.24) is 0 Å². The highest BCUT2D eigenvalue weighted by Gasteiger charge is 2.42. The van der Waals surface area contributed by atoms with Crippen LogP contribution >= 0.6 is 0 Å². The molecule has 0 bridgehead atoms. The molecule has 0 saturated carbocycles. The molecule has 0 amide bonds. The van der Waals surface area contributed by atoms with E-state index in [1.807, 2.05) is 6.07 Å². The highest BCUT2D eigenvalue weighted by molar-refractivity contribution is 5.68. The predicted octanol–water partition coefficient (Wildman–Crippen LogP) is 2.11. The van der Waals surface area contributed by atoms with Crippen LogP contribution < -0.4 is 0 Å². The first-order valence-electron chi connectivity index (χ1n) is 8.23. The molecule has 26 heavy (non-hydrogen) atoms. The molecule has 1 heterocycles. The Balaban J connectivity index is 2.41. The monoisotopic (exact) mass is 362 g/mol. The Morgan fingerprint density at radius 3 is 2.23 bits per heavy atom. The van der Waals surface area contributed by atoms with E-state index in [-0.39, 0.29) is 6.61 Å². The Bertz CT molecular complexity index is 668. The maximum absolute atomic E-state index is 11.7. The van der Waals surface area contributed by atoms with Crippen molar-refractivity contribution in [3.63, 3.8) is 0 Å². The fourth-order valence-corrected chi connectivity index (χ4v) is 2.78. The molecule has 0 radical (unpaired) electrons. The van der Waals surface area contributed by atoms with Gasteiger partial charge in [-0.2, -0.15) is 0 Å². The summed E-state index contributed by atoms with van der Waals surface area (Å²) in [4.78, 5) is 34.8. The maximum atomic E-state index is 11.7. The highest BCUT2D eigenvalue weighted by Crippen LogP contribution is 2.31. The van der Waals surface area contributed by atoms with Crippen molar-refractivity contribution in [1.29, 1.82) is 0 Å². The van der Waals surface area contributed by atoms with E-state index in [9.17, 15) is 14.4 Å². The van der Waals surface area contributed by atoms with E-state index in [4.69, 9.17) is 18.9 Å². The fraction of sp³-hybridized carbons (Fsp3) is 0.421. The highest BCUT2D eigenvalue weighted by atomic mass is 16.6. The lowest BCUT2D eigenvalue weighted by atomic mass is 9.95. The molecule has 7 nitrogen and oxygen atoms in total. The van der Waals surface area contributed by atoms with Crippen molar-refractivity contribution in [3.8, 4) is 0 Å². The van der Waals surface area contributed by atoms with Gasteiger partial charge in [0.05, 0.1) is 6.61 Å². The van der Waals surface area contributed by atoms with Gasteiger partial charge < -0.3 is 18.9 Å². The summed E-state index contributed by atoms with van der Waals surface area (Å²) >= 11 is 0. The maximum Gasteiger partial charge on any atom is 0.303 e. The quantitative estimate of drug-likeness (QED) is 0.435. The van der Waals surface area contributed by atoms with Crippen LogP contribution in [0, 0.1) is 0 Å². The van der Waals surface area contributed by atoms with Crippen LogP contribution in [0.3, 0.4) is 0 Å². The van der Waals surface area contributed by atoms with Gasteiger partial charge in [0.2, 0.25) is 0 Å². The number of esters is 3. The van der Waals surface area contributed by atoms with E-state index in [0.717, 1.165) is 0 Å². The largest absolute Gasteiger partial charge is 0.455 e. The van der Waals surface area contributed by atoms with Gasteiger partial charge >= 0.3 is 17.9 Å². The number of hydrogen-bond acceptors (Lipinski definition) is 7. The molecule has 140 valence electrons. The van der Waals surface area contributed by atoms with Crippen LogP contribution in [0.25, 0.3) is 0 Å². The number of benzene rings is 1. The van der Waals surface area contributed by atoms with Crippen LogP contribution in [0.15, 0.2) is 42.5 Å². The zero-order valence-corrected chi connectivity index (χ0v) is 14.9. The Morgan fingerprint density at radius 1 is 1.00 bits per heavy atom. The first-order chi connectivity index (χ1) is 12.4. The van der Waals surface area contributed by atoms with Gasteiger partial charge in [0, 0.05) is 20.8 Å². The van der Waals surface area contributed by atoms with Gasteiger partial charge in [-0.3, -0.25) is 14.4 Å². The van der Waals surface area contributed by atoms with Crippen LogP contribution in [-0.4, -0.2) is 42.8 Å². The molecule has 0 fully saturated rings. The third kappa shape index (κ3) is 5.42. The standard InChI is InChI=1S/C19H22O7/c1-12(20)24-16-10-7-11-23-18(16)19(26-14(3)22)17(25-13(2)21)15-8-5-4-6-9-15/h4-10,16-19H,11H2,1-3H3/t16-,17+,18+,19+/m1/s1. The number of rotatable bonds is 6. The number of carbonyl (C=O) groups is 3. The molecule has 0 unspecified atom stereocenters. The van der Waals surface area contributed by atoms with E-state index in [2.05, 4.69) is 0 Å². The van der Waals surface area contributed by atoms with Crippen molar-refractivity contribution >= 4 is 17.9 Å². The lowest BCUT2D eigenvalue weighted by molar-refractivity contribution is -0.192. The summed E-state index contributed by atoms with van der Waals surface area (Å²) in [6.07, 6.45) is -0.120. The molecular weight excluding hydrogens is 340 g/mol. The van der Waals surface area contributed by atoms with Crippen molar-refractivity contribution in [2.75, 3.05) is 6.61 Å². The van der Waals surface area contributed by atoms with E-state index in [0.29, 0.717) is 5.56 Å². The van der Waals surface area contributed by atoms with Crippen LogP contribution in [0.2, 0.25) is 0 Å². The first kappa shape index (κ1) is 19.7. The third-order valence-corrected chi connectivity index (χ3v) is 3.68. The van der Waals surface area contributed by atoms with E-state index >= 15 is 0 Å². The van der Waals surface area contributed by atoms with Gasteiger partial charge in [0.25, 0.3) is 0 Å². The molecule has 7 heteroatoms. The van der Waals surface area contributed by atoms with Gasteiger partial charge in [-0.15, -0.1) is 0 Å². The molecule has 0 aliphatic carbocycles. The summed E-state index contributed by atoms with van der Waals surface area (Å²) in [6.45, 7) is 4.05. The predicted molar refractivity (Wildman–Crippen MR) is 90.9 cm³/mol. The van der Waals surface area contributed by atoms with Crippen molar-refractivity contribution in [2.24, 2.45) is 0 Å². The summed E-state index contributed by atoms with van der Waals surface area (Å²) in [6, 6.07) is 8.88. The average molecular weight is 362 g/mol. The zero-order valence-electron chi connectivity index (χ0n) is 14.9. The Hall–Kier alpha value is -2.67. The molecule has 0 aromatic heterocycles. The lowest BCUT2D eigenvalue weighted by Crippen LogP contribution is -2.48. The first-order valence-corrected chi connectivity index (χ1v) is 8.23. The van der Waals surface area contributed by atoms with Gasteiger partial charge in [-0.1, -0.05) is 36.4 Å². The second-order valence-electron chi connectivity index (χ2n) is 5.81. The molecule has 0 N–H and O–H groups in total. The van der Waals surface area contributed by atoms with Crippen LogP contribution in [0.1, 0.15) is 32.4 Å². The molecule has 1 aromatic rings. The molecule has 4 atom stereocenters. The van der Waals surface area contributed by atoms with Crippen LogP contribution in [0.4, 0.5) is 0 Å². The summed E-state index contributed by atoms with van der Waals surface area (Å²) in [7, 11) is 0. The summed E-state index contributed by atoms with van der Waals surface area (Å²) in [5.74, 6) is -1.60. The van der Waals surface area contributed by atoms with Gasteiger partial charge in [-0.05, 0) is 11.6 Å². The second-order valence-corrected chi connectivity index (χ2v) is 5.81. The molecule has 1 aromatic carbocycles. The Kier molecular flexibility index (Phi) is 6.91. The van der Waals surface area contributed by atoms with E-state index < -0.39 is 42.3 Å². The van der Waals surface area contributed by atoms with E-state index in [1.54, 1.807) is 36.4 Å². The molecule has 1 aliphatic heterocycles. The van der Waals surface area contributed by atoms with Crippen molar-refractivity contribution < 1.29 is 33.3 Å². The smallest absolute Gasteiger partial charge is 0.303 e. The third-order valence-electron chi connectivity index (χ3n) is 3.68. The average Bonchev–Trinajstić information content (AvgIpc) is 2.58. The summed E-state index contributed by atoms with van der Waals surface area (Å²) in [5, 5.41) is 0. The Morgan fingerprint density at radius 2 is 1.65 bits per heavy atom. The fourth-order valence-electron chi connectivity index (χ4n) is 2.78. The minimum atomic E-state index is -0.993. The SMILES string of the molecule is CC(=O)O[C@H]([C@H]1OCC=C[C@H]1OC(C)=O)[C@@H](OC(C)=O)c1ccccc1. The topological polar surface area (TPSA) is 88.1 Å². The minimum Gasteiger partial charge on any atom is -0.455 e. The molecule has 1 aliphatic rings. The second kappa shape index (κ2) is 9.15. The molecular formula is C19H22O7. The molecule has 2 rings (SSSR count). The normalized spacial score (nSPS) is 21.3. The van der Waals surface area contributed by atoms with Crippen molar-refractivity contribution in [3.05, 3.63) is 48.0 Å². The van der Waals surface area contributed by atoms with E-state index in [1.165, 1.54) is 20.8 Å². The van der Waals surface area contributed by atoms with Crippen LogP contribution in [-0.2, 0) is 33.3 Å². The van der Waals surface area contributed by atoms with Crippen molar-refractivity contribution in [2.45, 2.75) is 45.2 Å². The number of hydrogen-bond donors (Lipinski definition) is 0.